The Hall–Kier alpha value is -3.15. The van der Waals surface area contributed by atoms with E-state index in [1.54, 1.807) is 28.0 Å². The van der Waals surface area contributed by atoms with Crippen molar-refractivity contribution in [1.82, 2.24) is 14.8 Å². The molecule has 1 N–H and O–H groups in total. The van der Waals surface area contributed by atoms with Gasteiger partial charge in [0.2, 0.25) is 5.91 Å². The number of rotatable bonds is 3. The van der Waals surface area contributed by atoms with Crippen LogP contribution in [0.3, 0.4) is 0 Å². The van der Waals surface area contributed by atoms with Crippen molar-refractivity contribution in [2.45, 2.75) is 6.54 Å². The standard InChI is InChI=1S/C20H18FN3O2/c21-17-4-1-14(2-5-17)12-23-9-10-24(13-19(23)25)20(26)16-3-6-18-15(11-16)7-8-22-18/h1-8,11,22H,9-10,12-13H2. The van der Waals surface area contributed by atoms with E-state index in [-0.39, 0.29) is 24.2 Å². The number of nitrogens with one attached hydrogen (secondary N) is 1. The van der Waals surface area contributed by atoms with Crippen LogP contribution in [0.4, 0.5) is 4.39 Å². The van der Waals surface area contributed by atoms with Gasteiger partial charge in [0, 0.05) is 42.3 Å². The van der Waals surface area contributed by atoms with E-state index in [2.05, 4.69) is 4.98 Å². The first-order valence-corrected chi connectivity index (χ1v) is 8.49. The normalized spacial score (nSPS) is 14.9. The molecule has 0 saturated carbocycles. The number of piperazine rings is 1. The van der Waals surface area contributed by atoms with Crippen LogP contribution in [0, 0.1) is 5.82 Å². The minimum atomic E-state index is -0.296. The number of carbonyl (C=O) groups excluding carboxylic acids is 2. The van der Waals surface area contributed by atoms with Gasteiger partial charge >= 0.3 is 0 Å². The molecule has 1 aliphatic rings. The van der Waals surface area contributed by atoms with Gasteiger partial charge in [0.15, 0.2) is 0 Å². The molecule has 6 heteroatoms. The van der Waals surface area contributed by atoms with Crippen LogP contribution >= 0.6 is 0 Å². The van der Waals surface area contributed by atoms with E-state index in [1.807, 2.05) is 24.4 Å². The number of hydrogen-bond donors (Lipinski definition) is 1. The molecule has 2 amide bonds. The molecule has 26 heavy (non-hydrogen) atoms. The van der Waals surface area contributed by atoms with Gasteiger partial charge in [-0.3, -0.25) is 9.59 Å². The predicted molar refractivity (Wildman–Crippen MR) is 96.0 cm³/mol. The molecule has 1 aliphatic heterocycles. The summed E-state index contributed by atoms with van der Waals surface area (Å²) in [5.41, 5.74) is 2.43. The maximum absolute atomic E-state index is 13.0. The molecule has 5 nitrogen and oxygen atoms in total. The van der Waals surface area contributed by atoms with E-state index in [4.69, 9.17) is 0 Å². The smallest absolute Gasteiger partial charge is 0.254 e. The summed E-state index contributed by atoms with van der Waals surface area (Å²) >= 11 is 0. The Morgan fingerprint density at radius 1 is 1.08 bits per heavy atom. The predicted octanol–water partition coefficient (Wildman–Crippen LogP) is 2.79. The van der Waals surface area contributed by atoms with Crippen LogP contribution in [-0.4, -0.2) is 46.2 Å². The van der Waals surface area contributed by atoms with E-state index in [1.165, 1.54) is 12.1 Å². The second-order valence-electron chi connectivity index (χ2n) is 6.45. The fourth-order valence-electron chi connectivity index (χ4n) is 3.23. The Morgan fingerprint density at radius 3 is 2.65 bits per heavy atom. The number of benzene rings is 2. The lowest BCUT2D eigenvalue weighted by Crippen LogP contribution is -2.51. The number of fused-ring (bicyclic) bond motifs is 1. The van der Waals surface area contributed by atoms with Crippen molar-refractivity contribution >= 4 is 22.7 Å². The molecule has 0 bridgehead atoms. The number of nitrogens with zero attached hydrogens (tertiary/aromatic N) is 2. The summed E-state index contributed by atoms with van der Waals surface area (Å²) in [4.78, 5) is 31.5. The Morgan fingerprint density at radius 2 is 1.88 bits per heavy atom. The number of hydrogen-bond acceptors (Lipinski definition) is 2. The third kappa shape index (κ3) is 3.18. The summed E-state index contributed by atoms with van der Waals surface area (Å²) in [5.74, 6) is -0.533. The molecular formula is C20H18FN3O2. The van der Waals surface area contributed by atoms with Crippen LogP contribution in [0.5, 0.6) is 0 Å². The van der Waals surface area contributed by atoms with Crippen molar-refractivity contribution < 1.29 is 14.0 Å². The quantitative estimate of drug-likeness (QED) is 0.789. The Balaban J connectivity index is 1.43. The zero-order valence-corrected chi connectivity index (χ0v) is 14.1. The van der Waals surface area contributed by atoms with Gasteiger partial charge in [-0.05, 0) is 42.0 Å². The monoisotopic (exact) mass is 351 g/mol. The van der Waals surface area contributed by atoms with E-state index >= 15 is 0 Å². The molecule has 0 aliphatic carbocycles. The van der Waals surface area contributed by atoms with Crippen LogP contribution in [0.25, 0.3) is 10.9 Å². The second-order valence-corrected chi connectivity index (χ2v) is 6.45. The number of H-pyrrole nitrogens is 1. The average Bonchev–Trinajstić information content (AvgIpc) is 3.12. The summed E-state index contributed by atoms with van der Waals surface area (Å²) < 4.78 is 13.0. The van der Waals surface area contributed by atoms with Crippen LogP contribution < -0.4 is 0 Å². The van der Waals surface area contributed by atoms with Crippen molar-refractivity contribution in [2.75, 3.05) is 19.6 Å². The third-order valence-electron chi connectivity index (χ3n) is 4.69. The molecule has 1 saturated heterocycles. The summed E-state index contributed by atoms with van der Waals surface area (Å²) in [6.07, 6.45) is 1.83. The summed E-state index contributed by atoms with van der Waals surface area (Å²) in [6, 6.07) is 13.5. The minimum absolute atomic E-state index is 0.0607. The van der Waals surface area contributed by atoms with Gasteiger partial charge in [-0.1, -0.05) is 12.1 Å². The van der Waals surface area contributed by atoms with Crippen molar-refractivity contribution in [2.24, 2.45) is 0 Å². The molecule has 0 unspecified atom stereocenters. The molecule has 1 aromatic heterocycles. The number of amides is 2. The summed E-state index contributed by atoms with van der Waals surface area (Å²) in [7, 11) is 0. The maximum Gasteiger partial charge on any atom is 0.254 e. The van der Waals surface area contributed by atoms with Gasteiger partial charge in [-0.25, -0.2) is 4.39 Å². The molecule has 1 fully saturated rings. The molecular weight excluding hydrogens is 333 g/mol. The molecule has 0 spiro atoms. The van der Waals surface area contributed by atoms with Gasteiger partial charge in [-0.2, -0.15) is 0 Å². The first kappa shape index (κ1) is 16.3. The van der Waals surface area contributed by atoms with E-state index in [0.29, 0.717) is 25.2 Å². The van der Waals surface area contributed by atoms with E-state index < -0.39 is 0 Å². The molecule has 2 heterocycles. The van der Waals surface area contributed by atoms with Crippen LogP contribution in [0.2, 0.25) is 0 Å². The Bertz CT molecular complexity index is 965. The summed E-state index contributed by atoms with van der Waals surface area (Å²) in [6.45, 7) is 1.44. The number of aromatic amines is 1. The van der Waals surface area contributed by atoms with Gasteiger partial charge < -0.3 is 14.8 Å². The highest BCUT2D eigenvalue weighted by Gasteiger charge is 2.27. The zero-order chi connectivity index (χ0) is 18.1. The van der Waals surface area contributed by atoms with E-state index in [0.717, 1.165) is 16.5 Å². The fourth-order valence-corrected chi connectivity index (χ4v) is 3.23. The zero-order valence-electron chi connectivity index (χ0n) is 14.1. The van der Waals surface area contributed by atoms with Crippen molar-refractivity contribution in [3.8, 4) is 0 Å². The molecule has 0 radical (unpaired) electrons. The maximum atomic E-state index is 13.0. The highest BCUT2D eigenvalue weighted by atomic mass is 19.1. The highest BCUT2D eigenvalue weighted by molar-refractivity contribution is 6.00. The lowest BCUT2D eigenvalue weighted by molar-refractivity contribution is -0.135. The van der Waals surface area contributed by atoms with E-state index in [9.17, 15) is 14.0 Å². The van der Waals surface area contributed by atoms with Crippen molar-refractivity contribution in [3.05, 3.63) is 71.7 Å². The van der Waals surface area contributed by atoms with Gasteiger partial charge in [-0.15, -0.1) is 0 Å². The molecule has 4 rings (SSSR count). The number of carbonyl (C=O) groups is 2. The topological polar surface area (TPSA) is 56.4 Å². The Labute approximate surface area is 150 Å². The average molecular weight is 351 g/mol. The van der Waals surface area contributed by atoms with Crippen LogP contribution in [-0.2, 0) is 11.3 Å². The van der Waals surface area contributed by atoms with Gasteiger partial charge in [0.05, 0.1) is 0 Å². The fraction of sp³-hybridized carbons (Fsp3) is 0.200. The lowest BCUT2D eigenvalue weighted by atomic mass is 10.1. The third-order valence-corrected chi connectivity index (χ3v) is 4.69. The lowest BCUT2D eigenvalue weighted by Gasteiger charge is -2.34. The first-order chi connectivity index (χ1) is 12.6. The van der Waals surface area contributed by atoms with Crippen molar-refractivity contribution in [3.63, 3.8) is 0 Å². The summed E-state index contributed by atoms with van der Waals surface area (Å²) in [5, 5.41) is 0.970. The second kappa shape index (κ2) is 6.63. The van der Waals surface area contributed by atoms with Gasteiger partial charge in [0.25, 0.3) is 5.91 Å². The number of aromatic nitrogens is 1. The number of halogens is 1. The van der Waals surface area contributed by atoms with Crippen LogP contribution in [0.1, 0.15) is 15.9 Å². The SMILES string of the molecule is O=C1CN(C(=O)c2ccc3[nH]ccc3c2)CCN1Cc1ccc(F)cc1. The highest BCUT2D eigenvalue weighted by Crippen LogP contribution is 2.17. The Kier molecular flexibility index (Phi) is 4.16. The van der Waals surface area contributed by atoms with Crippen molar-refractivity contribution in [1.29, 1.82) is 0 Å². The minimum Gasteiger partial charge on any atom is -0.361 e. The van der Waals surface area contributed by atoms with Gasteiger partial charge in [0.1, 0.15) is 12.4 Å². The molecule has 2 aromatic carbocycles. The largest absolute Gasteiger partial charge is 0.361 e. The van der Waals surface area contributed by atoms with Crippen LogP contribution in [0.15, 0.2) is 54.7 Å². The molecule has 0 atom stereocenters. The first-order valence-electron chi connectivity index (χ1n) is 8.49. The molecule has 3 aromatic rings. The molecule has 132 valence electrons.